The minimum absolute atomic E-state index is 0.0749. The predicted molar refractivity (Wildman–Crippen MR) is 116 cm³/mol. The predicted octanol–water partition coefficient (Wildman–Crippen LogP) is 5.63. The quantitative estimate of drug-likeness (QED) is 0.409. The van der Waals surface area contributed by atoms with Crippen LogP contribution in [0, 0.1) is 5.82 Å². The van der Waals surface area contributed by atoms with Gasteiger partial charge in [0.1, 0.15) is 13.2 Å². The van der Waals surface area contributed by atoms with Crippen molar-refractivity contribution in [2.75, 3.05) is 5.73 Å². The molecule has 0 radical (unpaired) electrons. The van der Waals surface area contributed by atoms with Gasteiger partial charge in [-0.15, -0.1) is 0 Å². The highest BCUT2D eigenvalue weighted by Gasteiger charge is 2.16. The van der Waals surface area contributed by atoms with Crippen LogP contribution >= 0.6 is 0 Å². The van der Waals surface area contributed by atoms with Gasteiger partial charge in [0, 0.05) is 17.2 Å². The SMILES string of the molecule is Nc1cccc(-c2ccc(OCc3ccccc3)nc2OCc2ccccc2)c1F. The first-order valence-corrected chi connectivity index (χ1v) is 9.59. The van der Waals surface area contributed by atoms with Gasteiger partial charge < -0.3 is 15.2 Å². The zero-order valence-corrected chi connectivity index (χ0v) is 16.3. The minimum atomic E-state index is -0.498. The summed E-state index contributed by atoms with van der Waals surface area (Å²) >= 11 is 0. The molecule has 4 rings (SSSR count). The van der Waals surface area contributed by atoms with Crippen molar-refractivity contribution in [1.82, 2.24) is 4.98 Å². The number of nitrogen functional groups attached to an aromatic ring is 1. The summed E-state index contributed by atoms with van der Waals surface area (Å²) in [5.74, 6) is 0.186. The molecule has 0 amide bonds. The molecule has 4 nitrogen and oxygen atoms in total. The summed E-state index contributed by atoms with van der Waals surface area (Å²) in [6.45, 7) is 0.671. The molecule has 1 heterocycles. The van der Waals surface area contributed by atoms with Gasteiger partial charge in [-0.3, -0.25) is 0 Å². The Morgan fingerprint density at radius 3 is 1.97 bits per heavy atom. The fraction of sp³-hybridized carbons (Fsp3) is 0.0800. The molecule has 0 aliphatic carbocycles. The first-order chi connectivity index (χ1) is 14.7. The molecule has 30 heavy (non-hydrogen) atoms. The summed E-state index contributed by atoms with van der Waals surface area (Å²) < 4.78 is 26.4. The van der Waals surface area contributed by atoms with Crippen LogP contribution in [0.15, 0.2) is 91.0 Å². The Morgan fingerprint density at radius 1 is 0.667 bits per heavy atom. The summed E-state index contributed by atoms with van der Waals surface area (Å²) in [6.07, 6.45) is 0. The average molecular weight is 400 g/mol. The highest BCUT2D eigenvalue weighted by atomic mass is 19.1. The third-order valence-corrected chi connectivity index (χ3v) is 4.60. The van der Waals surface area contributed by atoms with Crippen LogP contribution in [0.5, 0.6) is 11.8 Å². The molecule has 0 saturated carbocycles. The van der Waals surface area contributed by atoms with Crippen molar-refractivity contribution < 1.29 is 13.9 Å². The molecule has 150 valence electrons. The number of hydrogen-bond acceptors (Lipinski definition) is 4. The van der Waals surface area contributed by atoms with Crippen LogP contribution in [-0.2, 0) is 13.2 Å². The van der Waals surface area contributed by atoms with Crippen LogP contribution in [0.4, 0.5) is 10.1 Å². The molecule has 0 fully saturated rings. The van der Waals surface area contributed by atoms with Gasteiger partial charge in [0.2, 0.25) is 11.8 Å². The van der Waals surface area contributed by atoms with Crippen LogP contribution in [0.2, 0.25) is 0 Å². The molecule has 0 unspecified atom stereocenters. The van der Waals surface area contributed by atoms with E-state index in [9.17, 15) is 4.39 Å². The van der Waals surface area contributed by atoms with E-state index in [2.05, 4.69) is 4.98 Å². The summed E-state index contributed by atoms with van der Waals surface area (Å²) in [6, 6.07) is 27.8. The summed E-state index contributed by atoms with van der Waals surface area (Å²) in [5, 5.41) is 0. The van der Waals surface area contributed by atoms with E-state index in [1.807, 2.05) is 60.7 Å². The zero-order valence-electron chi connectivity index (χ0n) is 16.3. The largest absolute Gasteiger partial charge is 0.473 e. The number of hydrogen-bond donors (Lipinski definition) is 1. The number of nitrogens with zero attached hydrogens (tertiary/aromatic N) is 1. The molecule has 0 saturated heterocycles. The normalized spacial score (nSPS) is 10.6. The summed E-state index contributed by atoms with van der Waals surface area (Å²) in [5.41, 5.74) is 8.68. The van der Waals surface area contributed by atoms with Gasteiger partial charge >= 0.3 is 0 Å². The van der Waals surface area contributed by atoms with Crippen molar-refractivity contribution >= 4 is 5.69 Å². The van der Waals surface area contributed by atoms with Crippen molar-refractivity contribution in [3.05, 3.63) is 108 Å². The standard InChI is InChI=1S/C25H21FN2O2/c26-24-20(12-7-13-22(24)27)21-14-15-23(29-16-18-8-3-1-4-9-18)28-25(21)30-17-19-10-5-2-6-11-19/h1-15H,16-17,27H2. The molecule has 0 aliphatic heterocycles. The van der Waals surface area contributed by atoms with Crippen LogP contribution in [0.3, 0.4) is 0 Å². The monoisotopic (exact) mass is 400 g/mol. The van der Waals surface area contributed by atoms with Crippen molar-refractivity contribution in [1.29, 1.82) is 0 Å². The summed E-state index contributed by atoms with van der Waals surface area (Å²) in [7, 11) is 0. The Hall–Kier alpha value is -3.86. The minimum Gasteiger partial charge on any atom is -0.473 e. The number of ether oxygens (including phenoxy) is 2. The maximum atomic E-state index is 14.7. The highest BCUT2D eigenvalue weighted by Crippen LogP contribution is 2.34. The van der Waals surface area contributed by atoms with Gasteiger partial charge in [0.25, 0.3) is 0 Å². The third-order valence-electron chi connectivity index (χ3n) is 4.60. The molecule has 5 heteroatoms. The number of pyridine rings is 1. The second-order valence-electron chi connectivity index (χ2n) is 6.76. The lowest BCUT2D eigenvalue weighted by molar-refractivity contribution is 0.268. The highest BCUT2D eigenvalue weighted by molar-refractivity contribution is 5.72. The van der Waals surface area contributed by atoms with E-state index in [1.165, 1.54) is 6.07 Å². The third kappa shape index (κ3) is 4.58. The Morgan fingerprint density at radius 2 is 1.30 bits per heavy atom. The molecular weight excluding hydrogens is 379 g/mol. The molecule has 1 aromatic heterocycles. The molecule has 0 aliphatic rings. The first-order valence-electron chi connectivity index (χ1n) is 9.59. The lowest BCUT2D eigenvalue weighted by atomic mass is 10.1. The van der Waals surface area contributed by atoms with Crippen molar-refractivity contribution in [3.63, 3.8) is 0 Å². The molecule has 0 atom stereocenters. The summed E-state index contributed by atoms with van der Waals surface area (Å²) in [4.78, 5) is 4.50. The number of nitrogens with two attached hydrogens (primary N) is 1. The van der Waals surface area contributed by atoms with Crippen molar-refractivity contribution in [2.24, 2.45) is 0 Å². The van der Waals surface area contributed by atoms with E-state index in [0.717, 1.165) is 11.1 Å². The van der Waals surface area contributed by atoms with Crippen LogP contribution < -0.4 is 15.2 Å². The second-order valence-corrected chi connectivity index (χ2v) is 6.76. The Balaban J connectivity index is 1.63. The van der Waals surface area contributed by atoms with Crippen LogP contribution in [0.25, 0.3) is 11.1 Å². The first kappa shape index (κ1) is 19.5. The Bertz CT molecular complexity index is 1120. The Labute approximate surface area is 174 Å². The van der Waals surface area contributed by atoms with Gasteiger partial charge in [-0.25, -0.2) is 4.39 Å². The molecule has 0 spiro atoms. The fourth-order valence-corrected chi connectivity index (χ4v) is 3.03. The molecule has 4 aromatic rings. The van der Waals surface area contributed by atoms with E-state index in [1.54, 1.807) is 24.3 Å². The van der Waals surface area contributed by atoms with E-state index < -0.39 is 5.82 Å². The molecular formula is C25H21FN2O2. The Kier molecular flexibility index (Phi) is 5.90. The van der Waals surface area contributed by atoms with E-state index in [0.29, 0.717) is 30.2 Å². The maximum absolute atomic E-state index is 14.7. The van der Waals surface area contributed by atoms with E-state index in [4.69, 9.17) is 15.2 Å². The number of benzene rings is 3. The van der Waals surface area contributed by atoms with Crippen molar-refractivity contribution in [3.8, 4) is 22.9 Å². The molecule has 3 aromatic carbocycles. The zero-order chi connectivity index (χ0) is 20.8. The average Bonchev–Trinajstić information content (AvgIpc) is 2.80. The lowest BCUT2D eigenvalue weighted by Crippen LogP contribution is -2.03. The number of halogens is 1. The smallest absolute Gasteiger partial charge is 0.225 e. The number of rotatable bonds is 7. The van der Waals surface area contributed by atoms with Gasteiger partial charge in [-0.1, -0.05) is 72.8 Å². The number of anilines is 1. The molecule has 0 bridgehead atoms. The lowest BCUT2D eigenvalue weighted by Gasteiger charge is -2.14. The van der Waals surface area contributed by atoms with Gasteiger partial charge in [0.15, 0.2) is 5.82 Å². The van der Waals surface area contributed by atoms with Gasteiger partial charge in [-0.05, 0) is 23.3 Å². The van der Waals surface area contributed by atoms with E-state index >= 15 is 0 Å². The van der Waals surface area contributed by atoms with Gasteiger partial charge in [-0.2, -0.15) is 4.98 Å². The second kappa shape index (κ2) is 9.09. The fourth-order valence-electron chi connectivity index (χ4n) is 3.03. The number of aromatic nitrogens is 1. The maximum Gasteiger partial charge on any atom is 0.225 e. The van der Waals surface area contributed by atoms with Crippen LogP contribution in [-0.4, -0.2) is 4.98 Å². The molecule has 2 N–H and O–H groups in total. The van der Waals surface area contributed by atoms with Crippen molar-refractivity contribution in [2.45, 2.75) is 13.2 Å². The van der Waals surface area contributed by atoms with Gasteiger partial charge in [0.05, 0.1) is 5.69 Å². The van der Waals surface area contributed by atoms with E-state index in [-0.39, 0.29) is 11.6 Å². The van der Waals surface area contributed by atoms with Crippen LogP contribution in [0.1, 0.15) is 11.1 Å². The topological polar surface area (TPSA) is 57.4 Å².